The van der Waals surface area contributed by atoms with Gasteiger partial charge in [0.2, 0.25) is 0 Å². The first-order valence-electron chi connectivity index (χ1n) is 4.97. The third kappa shape index (κ3) is 2.78. The fraction of sp³-hybridized carbons (Fsp3) is 0.364. The van der Waals surface area contributed by atoms with E-state index in [1.54, 1.807) is 6.07 Å². The van der Waals surface area contributed by atoms with Crippen molar-refractivity contribution in [2.75, 3.05) is 6.54 Å². The van der Waals surface area contributed by atoms with E-state index in [4.69, 9.17) is 0 Å². The fourth-order valence-corrected chi connectivity index (χ4v) is 1.95. The van der Waals surface area contributed by atoms with E-state index in [1.165, 1.54) is 12.1 Å². The third-order valence-electron chi connectivity index (χ3n) is 2.37. The molecule has 0 spiro atoms. The molecule has 0 atom stereocenters. The number of nitrogens with zero attached hydrogens (tertiary/aromatic N) is 1. The number of halogens is 2. The monoisotopic (exact) mass is 270 g/mol. The molecule has 0 saturated carbocycles. The summed E-state index contributed by atoms with van der Waals surface area (Å²) < 4.78 is 13.9. The summed E-state index contributed by atoms with van der Waals surface area (Å²) >= 11 is 3.39. The van der Waals surface area contributed by atoms with Crippen molar-refractivity contribution >= 4 is 21.8 Å². The van der Waals surface area contributed by atoms with Gasteiger partial charge in [0.15, 0.2) is 0 Å². The van der Waals surface area contributed by atoms with Crippen LogP contribution < -0.4 is 5.32 Å². The van der Waals surface area contributed by atoms with E-state index in [1.807, 2.05) is 0 Å². The number of benzene rings is 1. The van der Waals surface area contributed by atoms with Crippen molar-refractivity contribution in [3.63, 3.8) is 0 Å². The average Bonchev–Trinajstić information content (AvgIpc) is 2.72. The molecule has 0 saturated heterocycles. The molecule has 2 nitrogen and oxygen atoms in total. The molecule has 15 heavy (non-hydrogen) atoms. The standard InChI is InChI=1S/C11H12BrFN2/c12-10-4-3-9(13)6-8(10)7-15-11-2-1-5-14-11/h3-4,6H,1-2,5,7H2,(H,14,15). The highest BCUT2D eigenvalue weighted by molar-refractivity contribution is 9.10. The molecule has 0 aliphatic carbocycles. The van der Waals surface area contributed by atoms with Crippen molar-refractivity contribution in [1.29, 1.82) is 0 Å². The van der Waals surface area contributed by atoms with Gasteiger partial charge < -0.3 is 5.32 Å². The van der Waals surface area contributed by atoms with E-state index >= 15 is 0 Å². The lowest BCUT2D eigenvalue weighted by atomic mass is 10.2. The van der Waals surface area contributed by atoms with Gasteiger partial charge >= 0.3 is 0 Å². The number of hydrogen-bond donors (Lipinski definition) is 1. The van der Waals surface area contributed by atoms with Crippen LogP contribution in [0, 0.1) is 5.82 Å². The molecule has 0 bridgehead atoms. The largest absolute Gasteiger partial charge is 0.370 e. The quantitative estimate of drug-likeness (QED) is 0.878. The van der Waals surface area contributed by atoms with Crippen molar-refractivity contribution < 1.29 is 4.39 Å². The third-order valence-corrected chi connectivity index (χ3v) is 3.14. The minimum atomic E-state index is -0.205. The van der Waals surface area contributed by atoms with Gasteiger partial charge in [0.25, 0.3) is 0 Å². The highest BCUT2D eigenvalue weighted by atomic mass is 79.9. The summed E-state index contributed by atoms with van der Waals surface area (Å²) in [4.78, 5) is 4.30. The first-order chi connectivity index (χ1) is 7.25. The normalized spacial score (nSPS) is 15.2. The minimum Gasteiger partial charge on any atom is -0.370 e. The van der Waals surface area contributed by atoms with E-state index < -0.39 is 0 Å². The number of amidine groups is 1. The summed E-state index contributed by atoms with van der Waals surface area (Å²) in [6.45, 7) is 1.53. The maximum absolute atomic E-state index is 13.0. The van der Waals surface area contributed by atoms with Crippen LogP contribution in [-0.4, -0.2) is 12.4 Å². The molecule has 1 N–H and O–H groups in total. The molecule has 1 aromatic carbocycles. The first kappa shape index (κ1) is 10.6. The van der Waals surface area contributed by atoms with Crippen LogP contribution in [0.15, 0.2) is 27.7 Å². The van der Waals surface area contributed by atoms with E-state index in [9.17, 15) is 4.39 Å². The molecule has 0 unspecified atom stereocenters. The highest BCUT2D eigenvalue weighted by Crippen LogP contribution is 2.17. The summed E-state index contributed by atoms with van der Waals surface area (Å²) in [7, 11) is 0. The van der Waals surface area contributed by atoms with Crippen LogP contribution >= 0.6 is 15.9 Å². The molecule has 1 aliphatic rings. The van der Waals surface area contributed by atoms with Crippen molar-refractivity contribution in [2.45, 2.75) is 19.4 Å². The van der Waals surface area contributed by atoms with Gasteiger partial charge in [-0.1, -0.05) is 15.9 Å². The van der Waals surface area contributed by atoms with E-state index in [2.05, 4.69) is 26.2 Å². The van der Waals surface area contributed by atoms with Crippen LogP contribution in [0.5, 0.6) is 0 Å². The predicted molar refractivity (Wildman–Crippen MR) is 62.5 cm³/mol. The molecular weight excluding hydrogens is 259 g/mol. The molecule has 80 valence electrons. The Morgan fingerprint density at radius 2 is 2.33 bits per heavy atom. The molecule has 0 radical (unpaired) electrons. The Balaban J connectivity index is 2.00. The molecule has 1 aromatic rings. The van der Waals surface area contributed by atoms with Gasteiger partial charge in [-0.25, -0.2) is 4.39 Å². The predicted octanol–water partition coefficient (Wildman–Crippen LogP) is 2.87. The second kappa shape index (κ2) is 4.75. The van der Waals surface area contributed by atoms with Gasteiger partial charge in [0.05, 0.1) is 5.84 Å². The highest BCUT2D eigenvalue weighted by Gasteiger charge is 2.07. The van der Waals surface area contributed by atoms with Crippen molar-refractivity contribution in [1.82, 2.24) is 5.32 Å². The second-order valence-electron chi connectivity index (χ2n) is 3.52. The Bertz CT molecular complexity index is 390. The zero-order valence-electron chi connectivity index (χ0n) is 8.26. The molecule has 4 heteroatoms. The number of nitrogens with one attached hydrogen (secondary N) is 1. The number of hydrogen-bond acceptors (Lipinski definition) is 2. The fourth-order valence-electron chi connectivity index (χ4n) is 1.56. The minimum absolute atomic E-state index is 0.205. The Morgan fingerprint density at radius 1 is 1.47 bits per heavy atom. The molecule has 0 fully saturated rings. The van der Waals surface area contributed by atoms with Gasteiger partial charge in [-0.3, -0.25) is 4.99 Å². The van der Waals surface area contributed by atoms with Crippen LogP contribution in [0.1, 0.15) is 18.4 Å². The van der Waals surface area contributed by atoms with Crippen molar-refractivity contribution in [3.8, 4) is 0 Å². The molecule has 0 amide bonds. The zero-order chi connectivity index (χ0) is 10.7. The summed E-state index contributed by atoms with van der Waals surface area (Å²) in [6.07, 6.45) is 2.12. The number of aliphatic imine (C=N–C) groups is 1. The van der Waals surface area contributed by atoms with Gasteiger partial charge in [-0.15, -0.1) is 0 Å². The van der Waals surface area contributed by atoms with Crippen LogP contribution in [0.2, 0.25) is 0 Å². The van der Waals surface area contributed by atoms with Crippen molar-refractivity contribution in [2.24, 2.45) is 4.99 Å². The Morgan fingerprint density at radius 3 is 3.07 bits per heavy atom. The molecule has 1 heterocycles. The second-order valence-corrected chi connectivity index (χ2v) is 4.38. The van der Waals surface area contributed by atoms with Crippen LogP contribution in [-0.2, 0) is 6.54 Å². The molecule has 2 rings (SSSR count). The maximum atomic E-state index is 13.0. The Kier molecular flexibility index (Phi) is 3.36. The lowest BCUT2D eigenvalue weighted by Gasteiger charge is -2.07. The number of rotatable bonds is 2. The summed E-state index contributed by atoms with van der Waals surface area (Å²) in [5.41, 5.74) is 0.921. The average molecular weight is 271 g/mol. The topological polar surface area (TPSA) is 24.4 Å². The lowest BCUT2D eigenvalue weighted by Crippen LogP contribution is -2.20. The van der Waals surface area contributed by atoms with Gasteiger partial charge in [-0.2, -0.15) is 0 Å². The first-order valence-corrected chi connectivity index (χ1v) is 5.76. The zero-order valence-corrected chi connectivity index (χ0v) is 9.85. The SMILES string of the molecule is Fc1ccc(Br)c(CNC2=NCCC2)c1. The van der Waals surface area contributed by atoms with Crippen LogP contribution in [0.25, 0.3) is 0 Å². The van der Waals surface area contributed by atoms with E-state index in [0.29, 0.717) is 6.54 Å². The van der Waals surface area contributed by atoms with Crippen molar-refractivity contribution in [3.05, 3.63) is 34.1 Å². The van der Waals surface area contributed by atoms with Crippen LogP contribution in [0.4, 0.5) is 4.39 Å². The molecule has 1 aliphatic heterocycles. The summed E-state index contributed by atoms with van der Waals surface area (Å²) in [5, 5.41) is 3.22. The lowest BCUT2D eigenvalue weighted by molar-refractivity contribution is 0.624. The molecule has 0 aromatic heterocycles. The van der Waals surface area contributed by atoms with E-state index in [0.717, 1.165) is 35.3 Å². The van der Waals surface area contributed by atoms with Gasteiger partial charge in [0.1, 0.15) is 5.82 Å². The van der Waals surface area contributed by atoms with Crippen LogP contribution in [0.3, 0.4) is 0 Å². The summed E-state index contributed by atoms with van der Waals surface area (Å²) in [5.74, 6) is 0.828. The smallest absolute Gasteiger partial charge is 0.123 e. The Labute approximate surface area is 96.7 Å². The Hall–Kier alpha value is -0.900. The summed E-state index contributed by atoms with van der Waals surface area (Å²) in [6, 6.07) is 4.70. The van der Waals surface area contributed by atoms with Gasteiger partial charge in [0, 0.05) is 24.0 Å². The maximum Gasteiger partial charge on any atom is 0.123 e. The van der Waals surface area contributed by atoms with E-state index in [-0.39, 0.29) is 5.82 Å². The molecular formula is C11H12BrFN2. The van der Waals surface area contributed by atoms with Gasteiger partial charge in [-0.05, 0) is 30.2 Å².